The van der Waals surface area contributed by atoms with Crippen LogP contribution in [0.25, 0.3) is 0 Å². The molecule has 0 saturated carbocycles. The van der Waals surface area contributed by atoms with Gasteiger partial charge in [-0.3, -0.25) is 4.79 Å². The van der Waals surface area contributed by atoms with Gasteiger partial charge in [-0.05, 0) is 49.4 Å². The van der Waals surface area contributed by atoms with Crippen molar-refractivity contribution in [1.29, 1.82) is 0 Å². The van der Waals surface area contributed by atoms with Crippen molar-refractivity contribution in [2.75, 3.05) is 13.1 Å². The second kappa shape index (κ2) is 6.53. The molecule has 0 amide bonds. The van der Waals surface area contributed by atoms with E-state index in [1.165, 1.54) is 16.4 Å². The van der Waals surface area contributed by atoms with Gasteiger partial charge >= 0.3 is 5.97 Å². The average Bonchev–Trinajstić information content (AvgIpc) is 2.46. The quantitative estimate of drug-likeness (QED) is 0.903. The molecule has 0 unspecified atom stereocenters. The van der Waals surface area contributed by atoms with Gasteiger partial charge in [0.15, 0.2) is 0 Å². The van der Waals surface area contributed by atoms with Gasteiger partial charge in [-0.25, -0.2) is 12.8 Å². The van der Waals surface area contributed by atoms with Crippen LogP contribution in [0.15, 0.2) is 29.2 Å². The molecule has 1 aromatic carbocycles. The summed E-state index contributed by atoms with van der Waals surface area (Å²) in [6.07, 6.45) is 2.08. The molecule has 0 bridgehead atoms. The highest BCUT2D eigenvalue weighted by Crippen LogP contribution is 2.26. The monoisotopic (exact) mass is 315 g/mol. The molecule has 116 valence electrons. The molecule has 2 rings (SSSR count). The number of benzene rings is 1. The van der Waals surface area contributed by atoms with Crippen molar-refractivity contribution in [3.63, 3.8) is 0 Å². The molecule has 0 radical (unpaired) electrons. The second-order valence-corrected chi connectivity index (χ2v) is 7.20. The van der Waals surface area contributed by atoms with Crippen molar-refractivity contribution in [3.05, 3.63) is 30.1 Å². The number of carboxylic acids is 1. The van der Waals surface area contributed by atoms with Gasteiger partial charge in [0.05, 0.1) is 4.90 Å². The summed E-state index contributed by atoms with van der Waals surface area (Å²) in [5, 5.41) is 8.71. The summed E-state index contributed by atoms with van der Waals surface area (Å²) < 4.78 is 39.2. The van der Waals surface area contributed by atoms with Crippen molar-refractivity contribution < 1.29 is 22.7 Å². The van der Waals surface area contributed by atoms with Crippen LogP contribution >= 0.6 is 0 Å². The number of sulfonamides is 1. The minimum absolute atomic E-state index is 0.0507. The molecule has 1 atom stereocenters. The molecular formula is C14H18FNO4S. The molecule has 7 heteroatoms. The number of piperidine rings is 1. The van der Waals surface area contributed by atoms with Crippen molar-refractivity contribution in [3.8, 4) is 0 Å². The SMILES string of the molecule is O=C(O)CC[C@@H]1CCCN(S(=O)(=O)c2ccc(F)cc2)C1. The molecular weight excluding hydrogens is 297 g/mol. The van der Waals surface area contributed by atoms with Crippen LogP contribution in [-0.2, 0) is 14.8 Å². The molecule has 1 heterocycles. The van der Waals surface area contributed by atoms with Crippen molar-refractivity contribution in [1.82, 2.24) is 4.31 Å². The van der Waals surface area contributed by atoms with Crippen LogP contribution in [0.3, 0.4) is 0 Å². The first-order valence-corrected chi connectivity index (χ1v) is 8.31. The molecule has 21 heavy (non-hydrogen) atoms. The first-order chi connectivity index (χ1) is 9.89. The normalized spacial score (nSPS) is 20.3. The smallest absolute Gasteiger partial charge is 0.303 e. The predicted molar refractivity (Wildman–Crippen MR) is 74.8 cm³/mol. The highest BCUT2D eigenvalue weighted by molar-refractivity contribution is 7.89. The summed E-state index contributed by atoms with van der Waals surface area (Å²) in [4.78, 5) is 10.7. The van der Waals surface area contributed by atoms with E-state index in [1.54, 1.807) is 0 Å². The van der Waals surface area contributed by atoms with Crippen molar-refractivity contribution >= 4 is 16.0 Å². The van der Waals surface area contributed by atoms with Crippen LogP contribution in [0.2, 0.25) is 0 Å². The van der Waals surface area contributed by atoms with Crippen molar-refractivity contribution in [2.45, 2.75) is 30.6 Å². The lowest BCUT2D eigenvalue weighted by molar-refractivity contribution is -0.137. The van der Waals surface area contributed by atoms with Gasteiger partial charge in [-0.1, -0.05) is 0 Å². The first-order valence-electron chi connectivity index (χ1n) is 6.87. The molecule has 1 fully saturated rings. The summed E-state index contributed by atoms with van der Waals surface area (Å²) in [6, 6.07) is 4.76. The van der Waals surface area contributed by atoms with E-state index in [-0.39, 0.29) is 17.2 Å². The predicted octanol–water partition coefficient (Wildman–Crippen LogP) is 2.09. The highest BCUT2D eigenvalue weighted by atomic mass is 32.2. The van der Waals surface area contributed by atoms with E-state index in [9.17, 15) is 17.6 Å². The summed E-state index contributed by atoms with van der Waals surface area (Å²) in [5.74, 6) is -1.29. The van der Waals surface area contributed by atoms with Gasteiger partial charge in [0.2, 0.25) is 10.0 Å². The lowest BCUT2D eigenvalue weighted by Gasteiger charge is -2.31. The summed E-state index contributed by atoms with van der Waals surface area (Å²) in [6.45, 7) is 0.746. The minimum atomic E-state index is -3.63. The van der Waals surface area contributed by atoms with Gasteiger partial charge in [-0.2, -0.15) is 4.31 Å². The third-order valence-corrected chi connectivity index (χ3v) is 5.58. The van der Waals surface area contributed by atoms with E-state index < -0.39 is 21.8 Å². The number of carboxylic acid groups (broad SMARTS) is 1. The molecule has 0 aromatic heterocycles. The third kappa shape index (κ3) is 4.01. The zero-order valence-electron chi connectivity index (χ0n) is 11.5. The number of nitrogens with zero attached hydrogens (tertiary/aromatic N) is 1. The Labute approximate surface area is 123 Å². The maximum atomic E-state index is 12.9. The third-order valence-electron chi connectivity index (χ3n) is 3.70. The number of hydrogen-bond donors (Lipinski definition) is 1. The van der Waals surface area contributed by atoms with Gasteiger partial charge in [-0.15, -0.1) is 0 Å². The first kappa shape index (κ1) is 15.9. The molecule has 0 aliphatic carbocycles. The molecule has 0 spiro atoms. The van der Waals surface area contributed by atoms with Gasteiger partial charge in [0, 0.05) is 19.5 Å². The Hall–Kier alpha value is -1.47. The van der Waals surface area contributed by atoms with Crippen LogP contribution in [0.1, 0.15) is 25.7 Å². The van der Waals surface area contributed by atoms with E-state index in [4.69, 9.17) is 5.11 Å². The van der Waals surface area contributed by atoms with E-state index >= 15 is 0 Å². The summed E-state index contributed by atoms with van der Waals surface area (Å²) in [5.41, 5.74) is 0. The molecule has 1 aromatic rings. The Morgan fingerprint density at radius 3 is 2.62 bits per heavy atom. The van der Waals surface area contributed by atoms with Gasteiger partial charge in [0.25, 0.3) is 0 Å². The standard InChI is InChI=1S/C14H18FNO4S/c15-12-4-6-13(7-5-12)21(19,20)16-9-1-2-11(10-16)3-8-14(17)18/h4-7,11H,1-3,8-10H2,(H,17,18)/t11-/m0/s1. The lowest BCUT2D eigenvalue weighted by atomic mass is 9.95. The largest absolute Gasteiger partial charge is 0.481 e. The molecule has 1 aliphatic heterocycles. The van der Waals surface area contributed by atoms with Crippen LogP contribution in [0.5, 0.6) is 0 Å². The molecule has 1 saturated heterocycles. The Bertz CT molecular complexity index is 600. The van der Waals surface area contributed by atoms with Crippen molar-refractivity contribution in [2.24, 2.45) is 5.92 Å². The maximum absolute atomic E-state index is 12.9. The fourth-order valence-electron chi connectivity index (χ4n) is 2.56. The van der Waals surface area contributed by atoms with E-state index in [0.717, 1.165) is 18.6 Å². The Balaban J connectivity index is 2.09. The number of carbonyl (C=O) groups is 1. The number of aliphatic carboxylic acids is 1. The summed E-state index contributed by atoms with van der Waals surface area (Å²) >= 11 is 0. The average molecular weight is 315 g/mol. The van der Waals surface area contributed by atoms with Crippen LogP contribution in [0, 0.1) is 11.7 Å². The molecule has 1 N–H and O–H groups in total. The molecule has 1 aliphatic rings. The maximum Gasteiger partial charge on any atom is 0.303 e. The number of rotatable bonds is 5. The molecule has 5 nitrogen and oxygen atoms in total. The zero-order chi connectivity index (χ0) is 15.5. The van der Waals surface area contributed by atoms with E-state index in [1.807, 2.05) is 0 Å². The number of halogens is 1. The Morgan fingerprint density at radius 1 is 1.33 bits per heavy atom. The summed E-state index contributed by atoms with van der Waals surface area (Å²) in [7, 11) is -3.63. The minimum Gasteiger partial charge on any atom is -0.481 e. The van der Waals surface area contributed by atoms with Crippen LogP contribution in [0.4, 0.5) is 4.39 Å². The lowest BCUT2D eigenvalue weighted by Crippen LogP contribution is -2.40. The van der Waals surface area contributed by atoms with Gasteiger partial charge < -0.3 is 5.11 Å². The second-order valence-electron chi connectivity index (χ2n) is 5.26. The number of hydrogen-bond acceptors (Lipinski definition) is 3. The van der Waals surface area contributed by atoms with Gasteiger partial charge in [0.1, 0.15) is 5.82 Å². The Kier molecular flexibility index (Phi) is 4.95. The topological polar surface area (TPSA) is 74.7 Å². The van der Waals surface area contributed by atoms with Crippen LogP contribution < -0.4 is 0 Å². The van der Waals surface area contributed by atoms with E-state index in [2.05, 4.69) is 0 Å². The van der Waals surface area contributed by atoms with E-state index in [0.29, 0.717) is 25.9 Å². The highest BCUT2D eigenvalue weighted by Gasteiger charge is 2.30. The zero-order valence-corrected chi connectivity index (χ0v) is 12.4. The fourth-order valence-corrected chi connectivity index (χ4v) is 4.12. The van der Waals surface area contributed by atoms with Crippen LogP contribution in [-0.4, -0.2) is 36.9 Å². The Morgan fingerprint density at radius 2 is 2.00 bits per heavy atom. The fraction of sp³-hybridized carbons (Fsp3) is 0.500.